The van der Waals surface area contributed by atoms with Crippen LogP contribution in [0.5, 0.6) is 0 Å². The van der Waals surface area contributed by atoms with Gasteiger partial charge in [-0.2, -0.15) is 0 Å². The van der Waals surface area contributed by atoms with Crippen molar-refractivity contribution in [3.8, 4) is 11.3 Å². The summed E-state index contributed by atoms with van der Waals surface area (Å²) >= 11 is 5.79. The van der Waals surface area contributed by atoms with Crippen LogP contribution in [0, 0.1) is 13.8 Å². The number of halogens is 1. The van der Waals surface area contributed by atoms with Crippen LogP contribution in [0.1, 0.15) is 32.0 Å². The molecular weight excluding hydrogens is 320 g/mol. The molecule has 0 amide bonds. The Kier molecular flexibility index (Phi) is 4.95. The van der Waals surface area contributed by atoms with E-state index in [1.165, 1.54) is 20.4 Å². The second-order valence-electron chi connectivity index (χ2n) is 4.77. The van der Waals surface area contributed by atoms with E-state index in [4.69, 9.17) is 21.1 Å². The first-order valence-corrected chi connectivity index (χ1v) is 7.08. The molecule has 0 radical (unpaired) electrons. The lowest BCUT2D eigenvalue weighted by Gasteiger charge is -2.15. The van der Waals surface area contributed by atoms with Crippen molar-refractivity contribution < 1.29 is 19.1 Å². The number of methoxy groups -OCH3 is 2. The average Bonchev–Trinajstić information content (AvgIpc) is 2.54. The number of hydrogen-bond donors (Lipinski definition) is 0. The Morgan fingerprint density at radius 2 is 1.65 bits per heavy atom. The molecule has 0 saturated carbocycles. The summed E-state index contributed by atoms with van der Waals surface area (Å²) in [5.41, 5.74) is 2.32. The molecule has 2 rings (SSSR count). The fraction of sp³-hybridized carbons (Fsp3) is 0.250. The molecule has 0 spiro atoms. The number of rotatable bonds is 3. The molecule has 0 unspecified atom stereocenters. The molecule has 2 heterocycles. The minimum absolute atomic E-state index is 0.197. The molecule has 0 aliphatic carbocycles. The van der Waals surface area contributed by atoms with E-state index in [1.807, 2.05) is 0 Å². The van der Waals surface area contributed by atoms with Crippen LogP contribution in [-0.4, -0.2) is 36.1 Å². The highest BCUT2D eigenvalue weighted by Gasteiger charge is 2.25. The first-order chi connectivity index (χ1) is 10.9. The molecule has 0 aromatic carbocycles. The third-order valence-corrected chi connectivity index (χ3v) is 3.63. The van der Waals surface area contributed by atoms with Crippen LogP contribution >= 0.6 is 11.6 Å². The van der Waals surface area contributed by atoms with Crippen LogP contribution in [-0.2, 0) is 9.47 Å². The summed E-state index contributed by atoms with van der Waals surface area (Å²) in [6.45, 7) is 3.33. The van der Waals surface area contributed by atoms with Gasteiger partial charge in [0.15, 0.2) is 0 Å². The van der Waals surface area contributed by atoms with E-state index in [2.05, 4.69) is 9.97 Å². The van der Waals surface area contributed by atoms with Crippen molar-refractivity contribution in [1.82, 2.24) is 9.97 Å². The first kappa shape index (κ1) is 16.9. The van der Waals surface area contributed by atoms with Crippen molar-refractivity contribution in [1.29, 1.82) is 0 Å². The zero-order valence-corrected chi connectivity index (χ0v) is 13.9. The number of nitrogens with zero attached hydrogens (tertiary/aromatic N) is 2. The highest BCUT2D eigenvalue weighted by atomic mass is 35.5. The van der Waals surface area contributed by atoms with E-state index in [0.717, 1.165) is 0 Å². The molecule has 120 valence electrons. The lowest BCUT2D eigenvalue weighted by Crippen LogP contribution is -2.16. The normalized spacial score (nSPS) is 10.3. The second kappa shape index (κ2) is 6.75. The summed E-state index contributed by atoms with van der Waals surface area (Å²) in [5, 5.41) is 0.327. The Hall–Kier alpha value is -2.47. The van der Waals surface area contributed by atoms with Gasteiger partial charge in [0, 0.05) is 11.8 Å². The molecule has 2 aromatic rings. The van der Waals surface area contributed by atoms with Crippen LogP contribution in [0.2, 0.25) is 5.15 Å². The Morgan fingerprint density at radius 1 is 1.04 bits per heavy atom. The maximum atomic E-state index is 12.2. The number of pyridine rings is 2. The van der Waals surface area contributed by atoms with E-state index in [1.54, 1.807) is 26.0 Å². The van der Waals surface area contributed by atoms with Crippen molar-refractivity contribution in [3.63, 3.8) is 0 Å². The summed E-state index contributed by atoms with van der Waals surface area (Å²) in [6.07, 6.45) is 1.51. The van der Waals surface area contributed by atoms with Crippen LogP contribution < -0.4 is 0 Å². The highest BCUT2D eigenvalue weighted by molar-refractivity contribution is 6.29. The van der Waals surface area contributed by atoms with E-state index < -0.39 is 11.9 Å². The van der Waals surface area contributed by atoms with Gasteiger partial charge in [-0.1, -0.05) is 11.6 Å². The quantitative estimate of drug-likeness (QED) is 0.634. The number of hydrogen-bond acceptors (Lipinski definition) is 6. The smallest absolute Gasteiger partial charge is 0.340 e. The summed E-state index contributed by atoms with van der Waals surface area (Å²) in [4.78, 5) is 32.6. The minimum atomic E-state index is -0.592. The van der Waals surface area contributed by atoms with Gasteiger partial charge >= 0.3 is 11.9 Å². The van der Waals surface area contributed by atoms with Crippen molar-refractivity contribution in [3.05, 3.63) is 45.9 Å². The van der Waals surface area contributed by atoms with Crippen molar-refractivity contribution in [2.24, 2.45) is 0 Å². The van der Waals surface area contributed by atoms with Crippen LogP contribution in [0.25, 0.3) is 11.3 Å². The summed E-state index contributed by atoms with van der Waals surface area (Å²) in [5.74, 6) is -1.15. The number of esters is 2. The fourth-order valence-electron chi connectivity index (χ4n) is 2.33. The zero-order valence-electron chi connectivity index (χ0n) is 13.1. The Balaban J connectivity index is 2.79. The summed E-state index contributed by atoms with van der Waals surface area (Å²) in [6, 6.07) is 3.29. The van der Waals surface area contributed by atoms with E-state index in [0.29, 0.717) is 27.7 Å². The number of carbonyl (C=O) groups excluding carboxylic acids is 2. The van der Waals surface area contributed by atoms with Crippen LogP contribution in [0.15, 0.2) is 18.3 Å². The summed E-state index contributed by atoms with van der Waals surface area (Å²) < 4.78 is 9.60. The van der Waals surface area contributed by atoms with Gasteiger partial charge in [0.05, 0.1) is 36.7 Å². The van der Waals surface area contributed by atoms with Gasteiger partial charge in [-0.25, -0.2) is 14.6 Å². The standard InChI is InChI=1S/C16H15ClN2O4/c1-8-12(15(20)22-3)9(2)19-14(13(8)16(21)23-4)10-5-6-11(17)18-7-10/h5-7H,1-4H3. The Morgan fingerprint density at radius 3 is 2.17 bits per heavy atom. The molecule has 6 nitrogen and oxygen atoms in total. The van der Waals surface area contributed by atoms with Gasteiger partial charge in [0.2, 0.25) is 0 Å². The SMILES string of the molecule is COC(=O)c1c(C)nc(-c2ccc(Cl)nc2)c(C(=O)OC)c1C. The van der Waals surface area contributed by atoms with Gasteiger partial charge in [-0.15, -0.1) is 0 Å². The molecule has 0 N–H and O–H groups in total. The molecule has 0 atom stereocenters. The molecular formula is C16H15ClN2O4. The Labute approximate surface area is 138 Å². The third kappa shape index (κ3) is 3.17. The fourth-order valence-corrected chi connectivity index (χ4v) is 2.44. The molecule has 0 aliphatic rings. The molecule has 0 aliphatic heterocycles. The van der Waals surface area contributed by atoms with E-state index in [9.17, 15) is 9.59 Å². The predicted molar refractivity (Wildman–Crippen MR) is 84.6 cm³/mol. The number of carbonyl (C=O) groups is 2. The monoisotopic (exact) mass is 334 g/mol. The Bertz CT molecular complexity index is 773. The average molecular weight is 335 g/mol. The number of aryl methyl sites for hydroxylation is 1. The van der Waals surface area contributed by atoms with Crippen LogP contribution in [0.3, 0.4) is 0 Å². The molecule has 0 fully saturated rings. The molecule has 7 heteroatoms. The molecule has 0 bridgehead atoms. The topological polar surface area (TPSA) is 78.4 Å². The van der Waals surface area contributed by atoms with Gasteiger partial charge in [0.1, 0.15) is 5.15 Å². The van der Waals surface area contributed by atoms with E-state index >= 15 is 0 Å². The van der Waals surface area contributed by atoms with Gasteiger partial charge in [0.25, 0.3) is 0 Å². The number of aromatic nitrogens is 2. The molecule has 0 saturated heterocycles. The van der Waals surface area contributed by atoms with Gasteiger partial charge in [-0.05, 0) is 31.5 Å². The minimum Gasteiger partial charge on any atom is -0.465 e. The molecule has 2 aromatic heterocycles. The highest BCUT2D eigenvalue weighted by Crippen LogP contribution is 2.29. The third-order valence-electron chi connectivity index (χ3n) is 3.41. The van der Waals surface area contributed by atoms with Gasteiger partial charge < -0.3 is 9.47 Å². The second-order valence-corrected chi connectivity index (χ2v) is 5.16. The number of ether oxygens (including phenoxy) is 2. The van der Waals surface area contributed by atoms with Crippen molar-refractivity contribution in [2.45, 2.75) is 13.8 Å². The van der Waals surface area contributed by atoms with Crippen LogP contribution in [0.4, 0.5) is 0 Å². The predicted octanol–water partition coefficient (Wildman–Crippen LogP) is 2.99. The lowest BCUT2D eigenvalue weighted by molar-refractivity contribution is 0.0596. The maximum Gasteiger partial charge on any atom is 0.340 e. The van der Waals surface area contributed by atoms with E-state index in [-0.39, 0.29) is 11.1 Å². The lowest BCUT2D eigenvalue weighted by atomic mass is 9.97. The van der Waals surface area contributed by atoms with Crippen molar-refractivity contribution >= 4 is 23.5 Å². The largest absolute Gasteiger partial charge is 0.465 e. The maximum absolute atomic E-state index is 12.2. The van der Waals surface area contributed by atoms with Gasteiger partial charge in [-0.3, -0.25) is 4.98 Å². The first-order valence-electron chi connectivity index (χ1n) is 6.70. The summed E-state index contributed by atoms with van der Waals surface area (Å²) in [7, 11) is 2.54. The van der Waals surface area contributed by atoms with Crippen molar-refractivity contribution in [2.75, 3.05) is 14.2 Å². The zero-order chi connectivity index (χ0) is 17.1. The molecule has 23 heavy (non-hydrogen) atoms.